The molecule has 2 aromatic heterocycles. The summed E-state index contributed by atoms with van der Waals surface area (Å²) in [6.07, 6.45) is 1.94. The third-order valence-corrected chi connectivity index (χ3v) is 4.87. The van der Waals surface area contributed by atoms with Crippen LogP contribution in [0.15, 0.2) is 30.3 Å². The van der Waals surface area contributed by atoms with Gasteiger partial charge in [0.25, 0.3) is 0 Å². The highest BCUT2D eigenvalue weighted by molar-refractivity contribution is 5.51. The minimum Gasteiger partial charge on any atom is -0.381 e. The Hall–Kier alpha value is -3.27. The van der Waals surface area contributed by atoms with Crippen LogP contribution in [0.25, 0.3) is 0 Å². The molecule has 152 valence electrons. The number of nitrogens with two attached hydrogens (primary N) is 1. The first-order chi connectivity index (χ1) is 14.1. The fourth-order valence-corrected chi connectivity index (χ4v) is 3.27. The molecule has 1 saturated heterocycles. The van der Waals surface area contributed by atoms with Gasteiger partial charge < -0.3 is 21.1 Å². The summed E-state index contributed by atoms with van der Waals surface area (Å²) >= 11 is 0. The zero-order valence-corrected chi connectivity index (χ0v) is 16.0. The van der Waals surface area contributed by atoms with E-state index in [1.807, 2.05) is 13.0 Å². The SMILES string of the molecule is CC(Nc1nc(N)nc(Nc2cc(C3CCOCC3)[nH]n2)n1)c1ccc(F)cc1. The predicted molar refractivity (Wildman–Crippen MR) is 107 cm³/mol. The summed E-state index contributed by atoms with van der Waals surface area (Å²) in [5, 5.41) is 13.6. The van der Waals surface area contributed by atoms with Gasteiger partial charge in [0.1, 0.15) is 5.82 Å². The van der Waals surface area contributed by atoms with Crippen LogP contribution in [0.2, 0.25) is 0 Å². The molecular weight excluding hydrogens is 375 g/mol. The van der Waals surface area contributed by atoms with Crippen LogP contribution in [0.1, 0.15) is 43.0 Å². The van der Waals surface area contributed by atoms with Gasteiger partial charge in [0, 0.05) is 30.9 Å². The molecule has 0 aliphatic carbocycles. The first kappa shape index (κ1) is 19.1. The second-order valence-corrected chi connectivity index (χ2v) is 6.98. The van der Waals surface area contributed by atoms with Crippen LogP contribution >= 0.6 is 0 Å². The Bertz CT molecular complexity index is 955. The lowest BCUT2D eigenvalue weighted by Crippen LogP contribution is -2.14. The van der Waals surface area contributed by atoms with Gasteiger partial charge in [-0.3, -0.25) is 5.10 Å². The van der Waals surface area contributed by atoms with Gasteiger partial charge in [-0.15, -0.1) is 0 Å². The Morgan fingerprint density at radius 1 is 1.14 bits per heavy atom. The van der Waals surface area contributed by atoms with E-state index in [4.69, 9.17) is 10.5 Å². The highest BCUT2D eigenvalue weighted by Gasteiger charge is 2.18. The number of rotatable bonds is 6. The smallest absolute Gasteiger partial charge is 0.235 e. The minimum absolute atomic E-state index is 0.0801. The molecule has 0 bridgehead atoms. The second-order valence-electron chi connectivity index (χ2n) is 6.98. The standard InChI is InChI=1S/C19H23FN8O/c1-11(12-2-4-14(20)5-3-12)22-18-24-17(21)25-19(26-18)23-16-10-15(27-28-16)13-6-8-29-9-7-13/h2-5,10-11,13H,6-9H2,1H3,(H5,21,22,23,24,25,26,27,28). The van der Waals surface area contributed by atoms with Crippen LogP contribution in [0.5, 0.6) is 0 Å². The Morgan fingerprint density at radius 2 is 1.86 bits per heavy atom. The van der Waals surface area contributed by atoms with E-state index in [1.54, 1.807) is 12.1 Å². The molecule has 0 radical (unpaired) electrons. The number of benzene rings is 1. The van der Waals surface area contributed by atoms with Crippen molar-refractivity contribution in [3.63, 3.8) is 0 Å². The maximum absolute atomic E-state index is 13.1. The summed E-state index contributed by atoms with van der Waals surface area (Å²) in [6.45, 7) is 3.45. The molecule has 3 heterocycles. The molecule has 5 N–H and O–H groups in total. The highest BCUT2D eigenvalue weighted by atomic mass is 19.1. The number of halogens is 1. The van der Waals surface area contributed by atoms with E-state index in [0.29, 0.717) is 17.7 Å². The van der Waals surface area contributed by atoms with Gasteiger partial charge >= 0.3 is 0 Å². The minimum atomic E-state index is -0.282. The van der Waals surface area contributed by atoms with Gasteiger partial charge in [-0.25, -0.2) is 4.39 Å². The molecule has 1 aliphatic rings. The Labute approximate surface area is 167 Å². The van der Waals surface area contributed by atoms with Crippen molar-refractivity contribution in [3.8, 4) is 0 Å². The number of H-pyrrole nitrogens is 1. The maximum atomic E-state index is 13.1. The lowest BCUT2D eigenvalue weighted by Gasteiger charge is -2.20. The summed E-state index contributed by atoms with van der Waals surface area (Å²) in [5.74, 6) is 1.42. The van der Waals surface area contributed by atoms with Crippen LogP contribution in [0.3, 0.4) is 0 Å². The number of nitrogens with zero attached hydrogens (tertiary/aromatic N) is 4. The molecular formula is C19H23FN8O. The van der Waals surface area contributed by atoms with Crippen molar-refractivity contribution in [2.45, 2.75) is 31.7 Å². The van der Waals surface area contributed by atoms with Gasteiger partial charge in [-0.1, -0.05) is 12.1 Å². The van der Waals surface area contributed by atoms with Crippen LogP contribution in [-0.4, -0.2) is 38.4 Å². The number of anilines is 4. The maximum Gasteiger partial charge on any atom is 0.235 e. The third kappa shape index (κ3) is 4.77. The Balaban J connectivity index is 1.45. The lowest BCUT2D eigenvalue weighted by molar-refractivity contribution is 0.0845. The average Bonchev–Trinajstić information content (AvgIpc) is 3.17. The molecule has 0 spiro atoms. The fraction of sp³-hybridized carbons (Fsp3) is 0.368. The average molecular weight is 398 g/mol. The molecule has 29 heavy (non-hydrogen) atoms. The van der Waals surface area contributed by atoms with Crippen molar-refractivity contribution in [1.82, 2.24) is 25.1 Å². The molecule has 3 aromatic rings. The molecule has 0 saturated carbocycles. The molecule has 10 heteroatoms. The van der Waals surface area contributed by atoms with E-state index in [1.165, 1.54) is 12.1 Å². The monoisotopic (exact) mass is 398 g/mol. The number of hydrogen-bond donors (Lipinski definition) is 4. The van der Waals surface area contributed by atoms with E-state index < -0.39 is 0 Å². The second kappa shape index (κ2) is 8.39. The van der Waals surface area contributed by atoms with Gasteiger partial charge in [-0.05, 0) is 37.5 Å². The third-order valence-electron chi connectivity index (χ3n) is 4.87. The number of ether oxygens (including phenoxy) is 1. The first-order valence-electron chi connectivity index (χ1n) is 9.50. The van der Waals surface area contributed by atoms with E-state index in [0.717, 1.165) is 37.3 Å². The van der Waals surface area contributed by atoms with Crippen LogP contribution < -0.4 is 16.4 Å². The summed E-state index contributed by atoms with van der Waals surface area (Å²) < 4.78 is 18.5. The molecule has 1 fully saturated rings. The Morgan fingerprint density at radius 3 is 2.62 bits per heavy atom. The highest BCUT2D eigenvalue weighted by Crippen LogP contribution is 2.27. The number of nitrogen functional groups attached to an aromatic ring is 1. The number of aromatic amines is 1. The molecule has 1 unspecified atom stereocenters. The fourth-order valence-electron chi connectivity index (χ4n) is 3.27. The summed E-state index contributed by atoms with van der Waals surface area (Å²) in [6, 6.07) is 8.04. The Kier molecular flexibility index (Phi) is 5.52. The van der Waals surface area contributed by atoms with E-state index in [-0.39, 0.29) is 23.8 Å². The van der Waals surface area contributed by atoms with E-state index >= 15 is 0 Å². The lowest BCUT2D eigenvalue weighted by atomic mass is 9.97. The summed E-state index contributed by atoms with van der Waals surface area (Å²) in [5.41, 5.74) is 7.79. The molecule has 1 atom stereocenters. The molecule has 0 amide bonds. The van der Waals surface area contributed by atoms with Crippen molar-refractivity contribution in [1.29, 1.82) is 0 Å². The van der Waals surface area contributed by atoms with E-state index in [2.05, 4.69) is 35.8 Å². The topological polar surface area (TPSA) is 127 Å². The summed E-state index contributed by atoms with van der Waals surface area (Å²) in [7, 11) is 0. The van der Waals surface area contributed by atoms with Crippen LogP contribution in [0.4, 0.5) is 28.1 Å². The van der Waals surface area contributed by atoms with E-state index in [9.17, 15) is 4.39 Å². The van der Waals surface area contributed by atoms with Crippen molar-refractivity contribution in [2.24, 2.45) is 0 Å². The van der Waals surface area contributed by atoms with Gasteiger partial charge in [-0.2, -0.15) is 20.1 Å². The molecule has 9 nitrogen and oxygen atoms in total. The zero-order chi connectivity index (χ0) is 20.2. The van der Waals surface area contributed by atoms with Crippen molar-refractivity contribution in [2.75, 3.05) is 29.6 Å². The molecule has 1 aliphatic heterocycles. The largest absolute Gasteiger partial charge is 0.381 e. The normalized spacial score (nSPS) is 15.8. The number of aromatic nitrogens is 5. The predicted octanol–water partition coefficient (Wildman–Crippen LogP) is 3.13. The van der Waals surface area contributed by atoms with Gasteiger partial charge in [0.2, 0.25) is 17.8 Å². The molecule has 1 aromatic carbocycles. The zero-order valence-electron chi connectivity index (χ0n) is 16.0. The van der Waals surface area contributed by atoms with Crippen molar-refractivity contribution >= 4 is 23.7 Å². The van der Waals surface area contributed by atoms with Gasteiger partial charge in [0.05, 0.1) is 6.04 Å². The van der Waals surface area contributed by atoms with Gasteiger partial charge in [0.15, 0.2) is 5.82 Å². The molecule has 4 rings (SSSR count). The quantitative estimate of drug-likeness (QED) is 0.499. The number of nitrogens with one attached hydrogen (secondary N) is 3. The van der Waals surface area contributed by atoms with Crippen LogP contribution in [0, 0.1) is 5.82 Å². The summed E-state index contributed by atoms with van der Waals surface area (Å²) in [4.78, 5) is 12.6. The first-order valence-corrected chi connectivity index (χ1v) is 9.50. The van der Waals surface area contributed by atoms with Crippen LogP contribution in [-0.2, 0) is 4.74 Å². The number of hydrogen-bond acceptors (Lipinski definition) is 8. The van der Waals surface area contributed by atoms with Crippen molar-refractivity contribution < 1.29 is 9.13 Å². The van der Waals surface area contributed by atoms with Crippen molar-refractivity contribution in [3.05, 3.63) is 47.4 Å².